The number of hydrogen-bond donors (Lipinski definition) is 2. The van der Waals surface area contributed by atoms with Crippen LogP contribution in [-0.4, -0.2) is 23.0 Å². The van der Waals surface area contributed by atoms with Gasteiger partial charge in [-0.2, -0.15) is 0 Å². The van der Waals surface area contributed by atoms with E-state index in [1.54, 1.807) is 13.0 Å². The molecule has 2 unspecified atom stereocenters. The Balaban J connectivity index is 1.70. The van der Waals surface area contributed by atoms with Gasteiger partial charge in [-0.15, -0.1) is 0 Å². The van der Waals surface area contributed by atoms with E-state index >= 15 is 0 Å². The predicted molar refractivity (Wildman–Crippen MR) is 74.4 cm³/mol. The van der Waals surface area contributed by atoms with Crippen LogP contribution in [-0.2, 0) is 0 Å². The molecule has 2 heterocycles. The van der Waals surface area contributed by atoms with Crippen molar-refractivity contribution in [3.8, 4) is 0 Å². The van der Waals surface area contributed by atoms with Crippen LogP contribution in [0.25, 0.3) is 0 Å². The highest BCUT2D eigenvalue weighted by Gasteiger charge is 2.33. The smallest absolute Gasteiger partial charge is 0.272 e. The lowest BCUT2D eigenvalue weighted by Crippen LogP contribution is -2.43. The standard InChI is InChI=1S/C14H19N3O2/c1-9-6-10(4-5-14(9)17(18)19)16-13-7-11-2-3-12(8-13)15-11/h4-6,11-13,15-16H,2-3,7-8H2,1H3. The van der Waals surface area contributed by atoms with Gasteiger partial charge in [0, 0.05) is 35.4 Å². The van der Waals surface area contributed by atoms with Crippen LogP contribution in [0.1, 0.15) is 31.2 Å². The molecule has 2 fully saturated rings. The van der Waals surface area contributed by atoms with Gasteiger partial charge in [-0.25, -0.2) is 0 Å². The first-order chi connectivity index (χ1) is 9.11. The topological polar surface area (TPSA) is 67.2 Å². The van der Waals surface area contributed by atoms with Crippen molar-refractivity contribution >= 4 is 11.4 Å². The molecule has 0 radical (unpaired) electrons. The summed E-state index contributed by atoms with van der Waals surface area (Å²) in [4.78, 5) is 10.5. The first kappa shape index (κ1) is 12.4. The van der Waals surface area contributed by atoms with Gasteiger partial charge < -0.3 is 10.6 Å². The highest BCUT2D eigenvalue weighted by atomic mass is 16.6. The van der Waals surface area contributed by atoms with Gasteiger partial charge >= 0.3 is 0 Å². The zero-order valence-electron chi connectivity index (χ0n) is 11.1. The van der Waals surface area contributed by atoms with Crippen LogP contribution >= 0.6 is 0 Å². The fourth-order valence-electron chi connectivity index (χ4n) is 3.36. The maximum atomic E-state index is 10.8. The van der Waals surface area contributed by atoms with Gasteiger partial charge in [0.25, 0.3) is 5.69 Å². The molecule has 1 aromatic carbocycles. The molecular formula is C14H19N3O2. The lowest BCUT2D eigenvalue weighted by molar-refractivity contribution is -0.385. The summed E-state index contributed by atoms with van der Waals surface area (Å²) in [7, 11) is 0. The third kappa shape index (κ3) is 2.56. The lowest BCUT2D eigenvalue weighted by atomic mass is 9.99. The Hall–Kier alpha value is -1.62. The fourth-order valence-corrected chi connectivity index (χ4v) is 3.36. The lowest BCUT2D eigenvalue weighted by Gasteiger charge is -2.30. The molecule has 102 valence electrons. The molecule has 0 amide bonds. The number of benzene rings is 1. The van der Waals surface area contributed by atoms with E-state index in [4.69, 9.17) is 0 Å². The van der Waals surface area contributed by atoms with Crippen molar-refractivity contribution in [2.24, 2.45) is 0 Å². The number of anilines is 1. The van der Waals surface area contributed by atoms with E-state index in [1.807, 2.05) is 12.1 Å². The van der Waals surface area contributed by atoms with Gasteiger partial charge in [-0.1, -0.05) is 0 Å². The first-order valence-corrected chi connectivity index (χ1v) is 6.89. The highest BCUT2D eigenvalue weighted by Crippen LogP contribution is 2.29. The minimum absolute atomic E-state index is 0.191. The molecule has 0 aliphatic carbocycles. The Labute approximate surface area is 112 Å². The van der Waals surface area contributed by atoms with Crippen LogP contribution in [0.4, 0.5) is 11.4 Å². The Kier molecular flexibility index (Phi) is 3.14. The van der Waals surface area contributed by atoms with Crippen molar-refractivity contribution in [1.29, 1.82) is 0 Å². The first-order valence-electron chi connectivity index (χ1n) is 6.89. The minimum atomic E-state index is -0.329. The number of rotatable bonds is 3. The van der Waals surface area contributed by atoms with Gasteiger partial charge in [-0.05, 0) is 44.7 Å². The van der Waals surface area contributed by atoms with E-state index in [9.17, 15) is 10.1 Å². The average molecular weight is 261 g/mol. The summed E-state index contributed by atoms with van der Waals surface area (Å²) in [6.45, 7) is 1.79. The van der Waals surface area contributed by atoms with E-state index in [1.165, 1.54) is 12.8 Å². The molecular weight excluding hydrogens is 242 g/mol. The Bertz CT molecular complexity index is 491. The van der Waals surface area contributed by atoms with E-state index in [0.717, 1.165) is 18.5 Å². The maximum Gasteiger partial charge on any atom is 0.272 e. The third-order valence-electron chi connectivity index (χ3n) is 4.24. The molecule has 2 saturated heterocycles. The van der Waals surface area contributed by atoms with Crippen LogP contribution in [0.3, 0.4) is 0 Å². The molecule has 1 aromatic rings. The maximum absolute atomic E-state index is 10.8. The summed E-state index contributed by atoms with van der Waals surface area (Å²) >= 11 is 0. The second kappa shape index (κ2) is 4.81. The SMILES string of the molecule is Cc1cc(NC2CC3CCC(C2)N3)ccc1[N+](=O)[O-]. The molecule has 0 aromatic heterocycles. The summed E-state index contributed by atoms with van der Waals surface area (Å²) < 4.78 is 0. The monoisotopic (exact) mass is 261 g/mol. The Morgan fingerprint density at radius 2 is 2.00 bits per heavy atom. The molecule has 2 aliphatic rings. The number of nitro benzene ring substituents is 1. The van der Waals surface area contributed by atoms with Gasteiger partial charge in [0.2, 0.25) is 0 Å². The third-order valence-corrected chi connectivity index (χ3v) is 4.24. The number of aryl methyl sites for hydroxylation is 1. The highest BCUT2D eigenvalue weighted by molar-refractivity contribution is 5.54. The zero-order valence-corrected chi connectivity index (χ0v) is 11.1. The quantitative estimate of drug-likeness (QED) is 0.648. The second-order valence-electron chi connectivity index (χ2n) is 5.71. The second-order valence-corrected chi connectivity index (χ2v) is 5.71. The predicted octanol–water partition coefficient (Wildman–Crippen LogP) is 2.60. The molecule has 2 aliphatic heterocycles. The summed E-state index contributed by atoms with van der Waals surface area (Å²) in [6, 6.07) is 7.07. The van der Waals surface area contributed by atoms with Crippen LogP contribution < -0.4 is 10.6 Å². The molecule has 0 spiro atoms. The van der Waals surface area contributed by atoms with Gasteiger partial charge in [0.15, 0.2) is 0 Å². The van der Waals surface area contributed by atoms with Gasteiger partial charge in [0.1, 0.15) is 0 Å². The molecule has 3 rings (SSSR count). The number of fused-ring (bicyclic) bond motifs is 2. The van der Waals surface area contributed by atoms with Crippen LogP contribution in [0.2, 0.25) is 0 Å². The van der Waals surface area contributed by atoms with Gasteiger partial charge in [0.05, 0.1) is 4.92 Å². The van der Waals surface area contributed by atoms with Crippen LogP contribution in [0.5, 0.6) is 0 Å². The van der Waals surface area contributed by atoms with Crippen molar-refractivity contribution in [2.75, 3.05) is 5.32 Å². The van der Waals surface area contributed by atoms with E-state index < -0.39 is 0 Å². The van der Waals surface area contributed by atoms with E-state index in [-0.39, 0.29) is 10.6 Å². The number of piperidine rings is 1. The Morgan fingerprint density at radius 3 is 2.58 bits per heavy atom. The largest absolute Gasteiger partial charge is 0.382 e. The van der Waals surface area contributed by atoms with Crippen molar-refractivity contribution in [1.82, 2.24) is 5.32 Å². The summed E-state index contributed by atoms with van der Waals surface area (Å²) in [6.07, 6.45) is 4.85. The normalized spacial score (nSPS) is 29.2. The van der Waals surface area contributed by atoms with Crippen LogP contribution in [0, 0.1) is 17.0 Å². The number of nitrogens with zero attached hydrogens (tertiary/aromatic N) is 1. The van der Waals surface area contributed by atoms with Crippen LogP contribution in [0.15, 0.2) is 18.2 Å². The molecule has 2 N–H and O–H groups in total. The zero-order chi connectivity index (χ0) is 13.4. The molecule has 19 heavy (non-hydrogen) atoms. The average Bonchev–Trinajstić information content (AvgIpc) is 2.68. The molecule has 2 atom stereocenters. The number of nitrogens with one attached hydrogen (secondary N) is 2. The summed E-state index contributed by atoms with van der Waals surface area (Å²) in [5.41, 5.74) is 1.90. The van der Waals surface area contributed by atoms with Crippen molar-refractivity contribution in [3.05, 3.63) is 33.9 Å². The molecule has 0 saturated carbocycles. The minimum Gasteiger partial charge on any atom is -0.382 e. The van der Waals surface area contributed by atoms with Gasteiger partial charge in [-0.3, -0.25) is 10.1 Å². The molecule has 5 nitrogen and oxygen atoms in total. The van der Waals surface area contributed by atoms with Crippen molar-refractivity contribution < 1.29 is 4.92 Å². The van der Waals surface area contributed by atoms with E-state index in [0.29, 0.717) is 23.7 Å². The number of hydrogen-bond acceptors (Lipinski definition) is 4. The molecule has 5 heteroatoms. The Morgan fingerprint density at radius 1 is 1.32 bits per heavy atom. The summed E-state index contributed by atoms with van der Waals surface area (Å²) in [5.74, 6) is 0. The van der Waals surface area contributed by atoms with E-state index in [2.05, 4.69) is 10.6 Å². The summed E-state index contributed by atoms with van der Waals surface area (Å²) in [5, 5.41) is 17.9. The van der Waals surface area contributed by atoms with Crippen molar-refractivity contribution in [2.45, 2.75) is 50.7 Å². The fraction of sp³-hybridized carbons (Fsp3) is 0.571. The number of nitro groups is 1. The van der Waals surface area contributed by atoms with Crippen molar-refractivity contribution in [3.63, 3.8) is 0 Å². The molecule has 2 bridgehead atoms.